The molecule has 0 spiro atoms. The molecule has 1 aromatic rings. The van der Waals surface area contributed by atoms with Crippen molar-refractivity contribution in [3.63, 3.8) is 0 Å². The Hall–Kier alpha value is -1.79. The van der Waals surface area contributed by atoms with E-state index in [1.807, 2.05) is 18.2 Å². The van der Waals surface area contributed by atoms with E-state index in [1.165, 1.54) is 0 Å². The average Bonchev–Trinajstić information content (AvgIpc) is 2.90. The molecule has 3 N–H and O–H groups in total. The van der Waals surface area contributed by atoms with E-state index in [0.29, 0.717) is 18.8 Å². The van der Waals surface area contributed by atoms with Crippen LogP contribution in [0.25, 0.3) is 0 Å². The van der Waals surface area contributed by atoms with Gasteiger partial charge in [-0.1, -0.05) is 18.2 Å². The third kappa shape index (κ3) is 5.61. The van der Waals surface area contributed by atoms with Crippen LogP contribution in [-0.2, 0) is 9.59 Å². The lowest BCUT2D eigenvalue weighted by atomic mass is 10.3. The van der Waals surface area contributed by atoms with Gasteiger partial charge in [-0.15, -0.1) is 12.4 Å². The molecule has 0 unspecified atom stereocenters. The van der Waals surface area contributed by atoms with Crippen LogP contribution in [0, 0.1) is 0 Å². The number of benzene rings is 1. The van der Waals surface area contributed by atoms with E-state index in [4.69, 9.17) is 10.5 Å². The lowest BCUT2D eigenvalue weighted by molar-refractivity contribution is -0.132. The number of para-hydroxylation sites is 1. The summed E-state index contributed by atoms with van der Waals surface area (Å²) in [6, 6.07) is 9.11. The Labute approximate surface area is 130 Å². The Morgan fingerprint density at radius 3 is 2.67 bits per heavy atom. The summed E-state index contributed by atoms with van der Waals surface area (Å²) in [5.74, 6) is 0.205. The molecule has 0 bridgehead atoms. The summed E-state index contributed by atoms with van der Waals surface area (Å²) >= 11 is 0. The number of hydrogen-bond donors (Lipinski definition) is 2. The first-order valence-electron chi connectivity index (χ1n) is 6.63. The normalized spacial score (nSPS) is 17.0. The molecule has 1 aromatic carbocycles. The van der Waals surface area contributed by atoms with Gasteiger partial charge < -0.3 is 20.7 Å². The number of carbonyl (C=O) groups is 2. The maximum Gasteiger partial charge on any atom is 0.258 e. The molecule has 1 fully saturated rings. The van der Waals surface area contributed by atoms with Gasteiger partial charge in [0.25, 0.3) is 5.91 Å². The summed E-state index contributed by atoms with van der Waals surface area (Å²) in [6.07, 6.45) is 0.816. The van der Waals surface area contributed by atoms with Gasteiger partial charge in [0.1, 0.15) is 5.75 Å². The highest BCUT2D eigenvalue weighted by Gasteiger charge is 2.23. The molecule has 6 nitrogen and oxygen atoms in total. The second-order valence-electron chi connectivity index (χ2n) is 4.77. The second kappa shape index (κ2) is 8.49. The standard InChI is InChI=1S/C14H19N3O3.ClH/c15-11-6-7-17(9-11)14(19)8-16-13(18)10-20-12-4-2-1-3-5-12;/h1-5,11H,6-10,15H2,(H,16,18);1H/t11-;/m1./s1. The minimum Gasteiger partial charge on any atom is -0.484 e. The van der Waals surface area contributed by atoms with Gasteiger partial charge in [0, 0.05) is 19.1 Å². The Bertz CT molecular complexity index is 470. The van der Waals surface area contributed by atoms with Crippen LogP contribution in [0.3, 0.4) is 0 Å². The zero-order chi connectivity index (χ0) is 14.4. The minimum absolute atomic E-state index is 0. The summed E-state index contributed by atoms with van der Waals surface area (Å²) in [5, 5.41) is 2.55. The van der Waals surface area contributed by atoms with Gasteiger partial charge in [-0.25, -0.2) is 0 Å². The first kappa shape index (κ1) is 17.3. The number of halogens is 1. The van der Waals surface area contributed by atoms with Crippen molar-refractivity contribution in [2.75, 3.05) is 26.2 Å². The van der Waals surface area contributed by atoms with Crippen molar-refractivity contribution in [1.29, 1.82) is 0 Å². The summed E-state index contributed by atoms with van der Waals surface area (Å²) in [7, 11) is 0. The fourth-order valence-corrected chi connectivity index (χ4v) is 2.02. The molecule has 2 amide bonds. The molecule has 1 heterocycles. The van der Waals surface area contributed by atoms with Gasteiger partial charge in [-0.2, -0.15) is 0 Å². The highest BCUT2D eigenvalue weighted by Crippen LogP contribution is 2.08. The predicted octanol–water partition coefficient (Wildman–Crippen LogP) is 0.163. The topological polar surface area (TPSA) is 84.7 Å². The number of carbonyl (C=O) groups excluding carboxylic acids is 2. The number of nitrogens with zero attached hydrogens (tertiary/aromatic N) is 1. The monoisotopic (exact) mass is 313 g/mol. The van der Waals surface area contributed by atoms with Crippen LogP contribution >= 0.6 is 12.4 Å². The first-order valence-corrected chi connectivity index (χ1v) is 6.63. The third-order valence-electron chi connectivity index (χ3n) is 3.13. The number of rotatable bonds is 5. The van der Waals surface area contributed by atoms with Crippen molar-refractivity contribution in [1.82, 2.24) is 10.2 Å². The van der Waals surface area contributed by atoms with E-state index in [0.717, 1.165) is 6.42 Å². The zero-order valence-corrected chi connectivity index (χ0v) is 12.5. The summed E-state index contributed by atoms with van der Waals surface area (Å²) in [5.41, 5.74) is 5.73. The van der Waals surface area contributed by atoms with Crippen LogP contribution < -0.4 is 15.8 Å². The van der Waals surface area contributed by atoms with E-state index < -0.39 is 0 Å². The Balaban J connectivity index is 0.00000220. The van der Waals surface area contributed by atoms with Crippen LogP contribution in [0.4, 0.5) is 0 Å². The maximum absolute atomic E-state index is 11.8. The van der Waals surface area contributed by atoms with Crippen LogP contribution in [0.2, 0.25) is 0 Å². The second-order valence-corrected chi connectivity index (χ2v) is 4.77. The number of likely N-dealkylation sites (tertiary alicyclic amines) is 1. The summed E-state index contributed by atoms with van der Waals surface area (Å²) in [6.45, 7) is 1.12. The first-order chi connectivity index (χ1) is 9.65. The molecular weight excluding hydrogens is 294 g/mol. The van der Waals surface area contributed by atoms with Gasteiger partial charge in [0.15, 0.2) is 6.61 Å². The molecule has 116 valence electrons. The van der Waals surface area contributed by atoms with Crippen LogP contribution in [-0.4, -0.2) is 49.0 Å². The van der Waals surface area contributed by atoms with E-state index in [2.05, 4.69) is 5.32 Å². The quantitative estimate of drug-likeness (QED) is 0.811. The van der Waals surface area contributed by atoms with Gasteiger partial charge >= 0.3 is 0 Å². The Kier molecular flexibility index (Phi) is 6.98. The maximum atomic E-state index is 11.8. The number of ether oxygens (including phenoxy) is 1. The summed E-state index contributed by atoms with van der Waals surface area (Å²) in [4.78, 5) is 25.0. The van der Waals surface area contributed by atoms with Crippen molar-refractivity contribution in [3.8, 4) is 5.75 Å². The summed E-state index contributed by atoms with van der Waals surface area (Å²) < 4.78 is 5.29. The molecule has 1 aliphatic heterocycles. The highest BCUT2D eigenvalue weighted by atomic mass is 35.5. The van der Waals surface area contributed by atoms with Gasteiger partial charge in [-0.3, -0.25) is 9.59 Å². The molecule has 0 aliphatic carbocycles. The van der Waals surface area contributed by atoms with Crippen LogP contribution in [0.1, 0.15) is 6.42 Å². The van der Waals surface area contributed by atoms with Crippen LogP contribution in [0.15, 0.2) is 30.3 Å². The molecule has 7 heteroatoms. The largest absolute Gasteiger partial charge is 0.484 e. The van der Waals surface area contributed by atoms with Crippen molar-refractivity contribution >= 4 is 24.2 Å². The lowest BCUT2D eigenvalue weighted by Crippen LogP contribution is -2.41. The average molecular weight is 314 g/mol. The van der Waals surface area contributed by atoms with E-state index in [9.17, 15) is 9.59 Å². The minimum atomic E-state index is -0.314. The predicted molar refractivity (Wildman–Crippen MR) is 81.4 cm³/mol. The third-order valence-corrected chi connectivity index (χ3v) is 3.13. The van der Waals surface area contributed by atoms with Gasteiger partial charge in [0.2, 0.25) is 5.91 Å². The molecule has 1 saturated heterocycles. The molecule has 0 aromatic heterocycles. The van der Waals surface area contributed by atoms with E-state index in [-0.39, 0.29) is 43.4 Å². The van der Waals surface area contributed by atoms with Crippen LogP contribution in [0.5, 0.6) is 5.75 Å². The lowest BCUT2D eigenvalue weighted by Gasteiger charge is -2.16. The number of hydrogen-bond acceptors (Lipinski definition) is 4. The van der Waals surface area contributed by atoms with Crippen molar-refractivity contribution in [2.45, 2.75) is 12.5 Å². The molecule has 21 heavy (non-hydrogen) atoms. The molecule has 0 radical (unpaired) electrons. The van der Waals surface area contributed by atoms with Gasteiger partial charge in [0.05, 0.1) is 6.54 Å². The molecule has 1 aliphatic rings. The molecule has 2 rings (SSSR count). The van der Waals surface area contributed by atoms with Gasteiger partial charge in [-0.05, 0) is 18.6 Å². The highest BCUT2D eigenvalue weighted by molar-refractivity contribution is 5.85. The molecule has 0 saturated carbocycles. The molecule has 1 atom stereocenters. The number of nitrogens with two attached hydrogens (primary N) is 1. The van der Waals surface area contributed by atoms with Crippen molar-refractivity contribution in [2.24, 2.45) is 5.73 Å². The van der Waals surface area contributed by atoms with Crippen molar-refractivity contribution in [3.05, 3.63) is 30.3 Å². The smallest absolute Gasteiger partial charge is 0.258 e. The fourth-order valence-electron chi connectivity index (χ4n) is 2.02. The molecular formula is C14H20ClN3O3. The Morgan fingerprint density at radius 2 is 2.05 bits per heavy atom. The van der Waals surface area contributed by atoms with Crippen molar-refractivity contribution < 1.29 is 14.3 Å². The number of amides is 2. The number of nitrogens with one attached hydrogen (secondary N) is 1. The van der Waals surface area contributed by atoms with E-state index in [1.54, 1.807) is 17.0 Å². The van der Waals surface area contributed by atoms with E-state index >= 15 is 0 Å². The Morgan fingerprint density at radius 1 is 1.33 bits per heavy atom. The fraction of sp³-hybridized carbons (Fsp3) is 0.429. The zero-order valence-electron chi connectivity index (χ0n) is 11.7. The SMILES string of the molecule is Cl.N[C@@H]1CCN(C(=O)CNC(=O)COc2ccccc2)C1.